The summed E-state index contributed by atoms with van der Waals surface area (Å²) in [5.41, 5.74) is 2.11. The standard InChI is InChI=1S/C17H16N4O4/c22-17(19-9-7-12-2-1-8-18-11-12)15-10-16(25-20-15)13-3-5-14(6-4-13)21(23)24/h1-6,8,11,16H,7,9-10H2,(H,19,22). The van der Waals surface area contributed by atoms with Crippen LogP contribution in [-0.2, 0) is 16.1 Å². The third kappa shape index (κ3) is 4.17. The van der Waals surface area contributed by atoms with Crippen molar-refractivity contribution in [3.05, 3.63) is 70.0 Å². The molecule has 8 heteroatoms. The minimum absolute atomic E-state index is 0.0102. The highest BCUT2D eigenvalue weighted by molar-refractivity contribution is 6.39. The average molecular weight is 340 g/mol. The maximum Gasteiger partial charge on any atom is 0.269 e. The van der Waals surface area contributed by atoms with Gasteiger partial charge in [0.25, 0.3) is 11.6 Å². The van der Waals surface area contributed by atoms with Gasteiger partial charge in [-0.2, -0.15) is 0 Å². The summed E-state index contributed by atoms with van der Waals surface area (Å²) in [6, 6.07) is 9.83. The van der Waals surface area contributed by atoms with Crippen molar-refractivity contribution >= 4 is 17.3 Å². The van der Waals surface area contributed by atoms with Crippen LogP contribution in [0.15, 0.2) is 53.9 Å². The molecule has 1 aliphatic rings. The molecule has 0 radical (unpaired) electrons. The number of benzene rings is 1. The first kappa shape index (κ1) is 16.6. The van der Waals surface area contributed by atoms with E-state index in [0.29, 0.717) is 25.1 Å². The Labute approximate surface area is 143 Å². The number of carbonyl (C=O) groups is 1. The Balaban J connectivity index is 1.49. The molecule has 0 bridgehead atoms. The molecule has 8 nitrogen and oxygen atoms in total. The molecular weight excluding hydrogens is 324 g/mol. The maximum atomic E-state index is 12.1. The summed E-state index contributed by atoms with van der Waals surface area (Å²) in [6.45, 7) is 0.478. The number of non-ortho nitro benzene ring substituents is 1. The lowest BCUT2D eigenvalue weighted by molar-refractivity contribution is -0.384. The zero-order chi connectivity index (χ0) is 17.6. The Morgan fingerprint density at radius 1 is 1.32 bits per heavy atom. The fourth-order valence-electron chi connectivity index (χ4n) is 2.47. The van der Waals surface area contributed by atoms with Crippen molar-refractivity contribution in [2.75, 3.05) is 6.54 Å². The summed E-state index contributed by atoms with van der Waals surface area (Å²) in [7, 11) is 0. The van der Waals surface area contributed by atoms with Crippen LogP contribution in [0.25, 0.3) is 0 Å². The van der Waals surface area contributed by atoms with E-state index in [1.807, 2.05) is 12.1 Å². The SMILES string of the molecule is O=C(NCCc1cccnc1)C1=NOC(c2ccc([N+](=O)[O-])cc2)C1. The van der Waals surface area contributed by atoms with Crippen molar-refractivity contribution in [3.63, 3.8) is 0 Å². The lowest BCUT2D eigenvalue weighted by Crippen LogP contribution is -2.32. The molecule has 3 rings (SSSR count). The third-order valence-corrected chi connectivity index (χ3v) is 3.83. The smallest absolute Gasteiger partial charge is 0.269 e. The predicted molar refractivity (Wildman–Crippen MR) is 89.9 cm³/mol. The number of rotatable bonds is 6. The number of hydrogen-bond acceptors (Lipinski definition) is 6. The Hall–Kier alpha value is -3.29. The maximum absolute atomic E-state index is 12.1. The number of nitro benzene ring substituents is 1. The summed E-state index contributed by atoms with van der Waals surface area (Å²) in [6.07, 6.45) is 4.06. The summed E-state index contributed by atoms with van der Waals surface area (Å²) >= 11 is 0. The van der Waals surface area contributed by atoms with Gasteiger partial charge in [0.05, 0.1) is 4.92 Å². The summed E-state index contributed by atoms with van der Waals surface area (Å²) < 4.78 is 0. The van der Waals surface area contributed by atoms with E-state index >= 15 is 0 Å². The molecular formula is C17H16N4O4. The summed E-state index contributed by atoms with van der Waals surface area (Å²) in [5, 5.41) is 17.3. The van der Waals surface area contributed by atoms with Gasteiger partial charge < -0.3 is 10.2 Å². The van der Waals surface area contributed by atoms with Gasteiger partial charge in [-0.25, -0.2) is 0 Å². The van der Waals surface area contributed by atoms with Crippen molar-refractivity contribution in [1.82, 2.24) is 10.3 Å². The molecule has 0 saturated carbocycles. The van der Waals surface area contributed by atoms with Crippen molar-refractivity contribution in [1.29, 1.82) is 0 Å². The quantitative estimate of drug-likeness (QED) is 0.640. The largest absolute Gasteiger partial charge is 0.387 e. The molecule has 2 aromatic rings. The van der Waals surface area contributed by atoms with Crippen LogP contribution < -0.4 is 5.32 Å². The third-order valence-electron chi connectivity index (χ3n) is 3.83. The lowest BCUT2D eigenvalue weighted by atomic mass is 10.0. The van der Waals surface area contributed by atoms with Crippen LogP contribution in [-0.4, -0.2) is 28.1 Å². The van der Waals surface area contributed by atoms with Crippen LogP contribution in [0.4, 0.5) is 5.69 Å². The van der Waals surface area contributed by atoms with Crippen molar-refractivity contribution < 1.29 is 14.6 Å². The first-order chi connectivity index (χ1) is 12.1. The molecule has 1 aliphatic heterocycles. The van der Waals surface area contributed by atoms with Gasteiger partial charge in [-0.1, -0.05) is 11.2 Å². The Kier molecular flexibility index (Phi) is 4.98. The second-order valence-electron chi connectivity index (χ2n) is 5.55. The highest BCUT2D eigenvalue weighted by Crippen LogP contribution is 2.28. The van der Waals surface area contributed by atoms with E-state index in [1.165, 1.54) is 12.1 Å². The van der Waals surface area contributed by atoms with Crippen LogP contribution in [0.3, 0.4) is 0 Å². The topological polar surface area (TPSA) is 107 Å². The van der Waals surface area contributed by atoms with Gasteiger partial charge in [-0.15, -0.1) is 0 Å². The van der Waals surface area contributed by atoms with E-state index in [1.54, 1.807) is 24.5 Å². The number of nitrogens with zero attached hydrogens (tertiary/aromatic N) is 3. The molecule has 0 saturated heterocycles. The van der Waals surface area contributed by atoms with Crippen LogP contribution in [0.5, 0.6) is 0 Å². The molecule has 2 heterocycles. The van der Waals surface area contributed by atoms with Crippen molar-refractivity contribution in [2.45, 2.75) is 18.9 Å². The highest BCUT2D eigenvalue weighted by atomic mass is 16.6. The normalized spacial score (nSPS) is 16.0. The van der Waals surface area contributed by atoms with E-state index in [2.05, 4.69) is 15.5 Å². The number of pyridine rings is 1. The highest BCUT2D eigenvalue weighted by Gasteiger charge is 2.27. The Bertz CT molecular complexity index is 790. The number of hydrogen-bond donors (Lipinski definition) is 1. The van der Waals surface area contributed by atoms with Gasteiger partial charge in [-0.05, 0) is 35.7 Å². The number of nitrogens with one attached hydrogen (secondary N) is 1. The fraction of sp³-hybridized carbons (Fsp3) is 0.235. The van der Waals surface area contributed by atoms with Gasteiger partial charge in [0.15, 0.2) is 6.10 Å². The molecule has 1 amide bonds. The summed E-state index contributed by atoms with van der Waals surface area (Å²) in [4.78, 5) is 31.6. The fourth-order valence-corrected chi connectivity index (χ4v) is 2.47. The zero-order valence-corrected chi connectivity index (χ0v) is 13.3. The van der Waals surface area contributed by atoms with Crippen LogP contribution >= 0.6 is 0 Å². The van der Waals surface area contributed by atoms with E-state index in [9.17, 15) is 14.9 Å². The van der Waals surface area contributed by atoms with Crippen LogP contribution in [0.1, 0.15) is 23.7 Å². The average Bonchev–Trinajstić information content (AvgIpc) is 3.13. The monoisotopic (exact) mass is 340 g/mol. The zero-order valence-electron chi connectivity index (χ0n) is 13.3. The number of oxime groups is 1. The Morgan fingerprint density at radius 3 is 2.80 bits per heavy atom. The van der Waals surface area contributed by atoms with Gasteiger partial charge in [-0.3, -0.25) is 19.9 Å². The minimum atomic E-state index is -0.461. The molecule has 25 heavy (non-hydrogen) atoms. The van der Waals surface area contributed by atoms with Crippen LogP contribution in [0, 0.1) is 10.1 Å². The molecule has 0 spiro atoms. The molecule has 1 aromatic heterocycles. The minimum Gasteiger partial charge on any atom is -0.387 e. The second kappa shape index (κ2) is 7.52. The molecule has 0 aliphatic carbocycles. The van der Waals surface area contributed by atoms with E-state index in [-0.39, 0.29) is 11.6 Å². The van der Waals surface area contributed by atoms with Crippen molar-refractivity contribution in [2.24, 2.45) is 5.16 Å². The van der Waals surface area contributed by atoms with E-state index in [4.69, 9.17) is 4.84 Å². The molecule has 0 fully saturated rings. The second-order valence-corrected chi connectivity index (χ2v) is 5.55. The number of aromatic nitrogens is 1. The number of nitro groups is 1. The Morgan fingerprint density at radius 2 is 2.12 bits per heavy atom. The molecule has 1 aromatic carbocycles. The lowest BCUT2D eigenvalue weighted by Gasteiger charge is -2.08. The molecule has 1 atom stereocenters. The predicted octanol–water partition coefficient (Wildman–Crippen LogP) is 2.17. The number of carbonyl (C=O) groups excluding carboxylic acids is 1. The van der Waals surface area contributed by atoms with E-state index < -0.39 is 11.0 Å². The van der Waals surface area contributed by atoms with Crippen LogP contribution in [0.2, 0.25) is 0 Å². The molecule has 1 N–H and O–H groups in total. The van der Waals surface area contributed by atoms with Crippen molar-refractivity contribution in [3.8, 4) is 0 Å². The van der Waals surface area contributed by atoms with Gasteiger partial charge in [0.1, 0.15) is 5.71 Å². The summed E-state index contributed by atoms with van der Waals surface area (Å²) in [5.74, 6) is -0.270. The van der Waals surface area contributed by atoms with Gasteiger partial charge in [0.2, 0.25) is 0 Å². The molecule has 128 valence electrons. The first-order valence-electron chi connectivity index (χ1n) is 7.77. The van der Waals surface area contributed by atoms with Gasteiger partial charge >= 0.3 is 0 Å². The first-order valence-corrected chi connectivity index (χ1v) is 7.77. The number of amides is 1. The van der Waals surface area contributed by atoms with E-state index in [0.717, 1.165) is 11.1 Å². The van der Waals surface area contributed by atoms with Gasteiger partial charge in [0, 0.05) is 37.5 Å². The molecule has 1 unspecified atom stereocenters.